The molecule has 4 nitrogen and oxygen atoms in total. The second-order valence-corrected chi connectivity index (χ2v) is 7.56. The molecular weight excluding hydrogens is 359 g/mol. The Bertz CT molecular complexity index is 593. The van der Waals surface area contributed by atoms with Crippen molar-refractivity contribution < 1.29 is 9.59 Å². The van der Waals surface area contributed by atoms with Gasteiger partial charge in [0.15, 0.2) is 0 Å². The largest absolute Gasteiger partial charge is 0.346 e. The molecule has 25 heavy (non-hydrogen) atoms. The molecule has 1 aromatic carbocycles. The van der Waals surface area contributed by atoms with E-state index >= 15 is 0 Å². The summed E-state index contributed by atoms with van der Waals surface area (Å²) in [7, 11) is 1.87. The summed E-state index contributed by atoms with van der Waals surface area (Å²) in [5.41, 5.74) is 0.466. The van der Waals surface area contributed by atoms with Crippen molar-refractivity contribution in [1.29, 1.82) is 0 Å². The molecule has 0 radical (unpaired) electrons. The normalized spacial score (nSPS) is 20.2. The number of hydrogen-bond donors (Lipinski definition) is 1. The molecule has 1 aliphatic carbocycles. The van der Waals surface area contributed by atoms with Crippen molar-refractivity contribution in [2.24, 2.45) is 11.8 Å². The molecule has 6 heteroatoms. The quantitative estimate of drug-likeness (QED) is 0.750. The third kappa shape index (κ3) is 5.35. The van der Waals surface area contributed by atoms with Crippen LogP contribution in [0.1, 0.15) is 45.4 Å². The first-order chi connectivity index (χ1) is 11.9. The van der Waals surface area contributed by atoms with Gasteiger partial charge in [0, 0.05) is 25.4 Å². The van der Waals surface area contributed by atoms with E-state index in [0.717, 1.165) is 32.2 Å². The van der Waals surface area contributed by atoms with E-state index in [1.807, 2.05) is 11.9 Å². The number of nitrogens with one attached hydrogen (secondary N) is 1. The van der Waals surface area contributed by atoms with Gasteiger partial charge < -0.3 is 10.2 Å². The number of amides is 2. The van der Waals surface area contributed by atoms with Gasteiger partial charge in [-0.2, -0.15) is 0 Å². The molecule has 1 N–H and O–H groups in total. The Kier molecular flexibility index (Phi) is 7.57. The molecule has 0 bridgehead atoms. The lowest BCUT2D eigenvalue weighted by atomic mass is 9.81. The highest BCUT2D eigenvalue weighted by atomic mass is 35.5. The van der Waals surface area contributed by atoms with E-state index in [0.29, 0.717) is 28.6 Å². The fourth-order valence-electron chi connectivity index (χ4n) is 3.26. The van der Waals surface area contributed by atoms with Crippen LogP contribution in [0, 0.1) is 11.8 Å². The number of halogens is 2. The van der Waals surface area contributed by atoms with Gasteiger partial charge in [0.1, 0.15) is 0 Å². The molecular formula is C19H26Cl2N2O2. The highest BCUT2D eigenvalue weighted by Gasteiger charge is 2.31. The van der Waals surface area contributed by atoms with E-state index in [2.05, 4.69) is 12.2 Å². The van der Waals surface area contributed by atoms with Crippen molar-refractivity contribution in [3.63, 3.8) is 0 Å². The fourth-order valence-corrected chi connectivity index (χ4v) is 3.75. The molecule has 0 saturated heterocycles. The summed E-state index contributed by atoms with van der Waals surface area (Å²) < 4.78 is 0. The fraction of sp³-hybridized carbons (Fsp3) is 0.579. The summed E-state index contributed by atoms with van der Waals surface area (Å²) in [6.45, 7) is 2.92. The van der Waals surface area contributed by atoms with Crippen molar-refractivity contribution in [1.82, 2.24) is 4.90 Å². The van der Waals surface area contributed by atoms with Crippen molar-refractivity contribution in [2.75, 3.05) is 18.9 Å². The summed E-state index contributed by atoms with van der Waals surface area (Å²) in [5.74, 6) is 0.0776. The van der Waals surface area contributed by atoms with E-state index in [1.165, 1.54) is 0 Å². The molecule has 0 aromatic heterocycles. The van der Waals surface area contributed by atoms with Crippen LogP contribution < -0.4 is 5.32 Å². The maximum absolute atomic E-state index is 12.5. The number of benzene rings is 1. The summed E-state index contributed by atoms with van der Waals surface area (Å²) in [5, 5.41) is 3.71. The van der Waals surface area contributed by atoms with Gasteiger partial charge in [-0.05, 0) is 44.2 Å². The third-order valence-corrected chi connectivity index (χ3v) is 5.51. The average Bonchev–Trinajstić information content (AvgIpc) is 2.62. The predicted molar refractivity (Wildman–Crippen MR) is 103 cm³/mol. The topological polar surface area (TPSA) is 49.4 Å². The number of carbonyl (C=O) groups is 2. The van der Waals surface area contributed by atoms with E-state index < -0.39 is 0 Å². The maximum Gasteiger partial charge on any atom is 0.227 e. The number of para-hydroxylation sites is 1. The van der Waals surface area contributed by atoms with Crippen molar-refractivity contribution in [3.05, 3.63) is 28.2 Å². The molecule has 1 aliphatic rings. The smallest absolute Gasteiger partial charge is 0.227 e. The zero-order valence-electron chi connectivity index (χ0n) is 14.9. The Balaban J connectivity index is 1.87. The Morgan fingerprint density at radius 2 is 1.68 bits per heavy atom. The molecule has 1 fully saturated rings. The molecule has 1 aromatic rings. The Morgan fingerprint density at radius 1 is 1.12 bits per heavy atom. The molecule has 1 saturated carbocycles. The van der Waals surface area contributed by atoms with Gasteiger partial charge in [0.2, 0.25) is 11.8 Å². The van der Waals surface area contributed by atoms with Crippen molar-refractivity contribution in [2.45, 2.75) is 45.4 Å². The minimum Gasteiger partial charge on any atom is -0.346 e. The van der Waals surface area contributed by atoms with Crippen LogP contribution in [0.15, 0.2) is 18.2 Å². The van der Waals surface area contributed by atoms with Gasteiger partial charge in [-0.1, -0.05) is 42.6 Å². The second-order valence-electron chi connectivity index (χ2n) is 6.75. The maximum atomic E-state index is 12.5. The molecule has 2 amide bonds. The molecule has 0 aliphatic heterocycles. The molecule has 138 valence electrons. The summed E-state index contributed by atoms with van der Waals surface area (Å²) in [4.78, 5) is 26.8. The van der Waals surface area contributed by atoms with Crippen LogP contribution in [-0.2, 0) is 9.59 Å². The van der Waals surface area contributed by atoms with Gasteiger partial charge in [0.25, 0.3) is 0 Å². The zero-order valence-corrected chi connectivity index (χ0v) is 16.4. The first kappa shape index (κ1) is 20.1. The Hall–Kier alpha value is -1.26. The van der Waals surface area contributed by atoms with Gasteiger partial charge in [-0.15, -0.1) is 0 Å². The van der Waals surface area contributed by atoms with Gasteiger partial charge in [-0.25, -0.2) is 0 Å². The first-order valence-corrected chi connectivity index (χ1v) is 9.69. The first-order valence-electron chi connectivity index (χ1n) is 8.93. The van der Waals surface area contributed by atoms with Crippen LogP contribution in [0.25, 0.3) is 0 Å². The third-order valence-electron chi connectivity index (χ3n) is 4.88. The lowest BCUT2D eigenvalue weighted by Crippen LogP contribution is -2.37. The van der Waals surface area contributed by atoms with Gasteiger partial charge >= 0.3 is 0 Å². The van der Waals surface area contributed by atoms with E-state index in [9.17, 15) is 9.59 Å². The van der Waals surface area contributed by atoms with Crippen LogP contribution in [0.5, 0.6) is 0 Å². The SMILES string of the molecule is CCCCN(C)C(=O)C1CCC(C(=O)Nc2c(Cl)cccc2Cl)CC1. The van der Waals surface area contributed by atoms with Crippen LogP contribution >= 0.6 is 23.2 Å². The van der Waals surface area contributed by atoms with Crippen LogP contribution in [0.2, 0.25) is 10.0 Å². The van der Waals surface area contributed by atoms with E-state index in [1.54, 1.807) is 18.2 Å². The molecule has 0 spiro atoms. The molecule has 0 heterocycles. The molecule has 0 unspecified atom stereocenters. The molecule has 2 rings (SSSR count). The number of carbonyl (C=O) groups excluding carboxylic acids is 2. The van der Waals surface area contributed by atoms with E-state index in [4.69, 9.17) is 23.2 Å². The molecule has 0 atom stereocenters. The van der Waals surface area contributed by atoms with Crippen LogP contribution in [0.3, 0.4) is 0 Å². The highest BCUT2D eigenvalue weighted by Crippen LogP contribution is 2.34. The summed E-state index contributed by atoms with van der Waals surface area (Å²) in [6.07, 6.45) is 5.04. The lowest BCUT2D eigenvalue weighted by molar-refractivity contribution is -0.136. The minimum atomic E-state index is -0.0997. The highest BCUT2D eigenvalue weighted by molar-refractivity contribution is 6.39. The number of nitrogens with zero attached hydrogens (tertiary/aromatic N) is 1. The standard InChI is InChI=1S/C19H26Cl2N2O2/c1-3-4-12-23(2)19(25)14-10-8-13(9-11-14)18(24)22-17-15(20)6-5-7-16(17)21/h5-7,13-14H,3-4,8-12H2,1-2H3,(H,22,24). The number of rotatable bonds is 6. The second kappa shape index (κ2) is 9.44. The monoisotopic (exact) mass is 384 g/mol. The Morgan fingerprint density at radius 3 is 2.24 bits per heavy atom. The summed E-state index contributed by atoms with van der Waals surface area (Å²) in [6, 6.07) is 5.14. The summed E-state index contributed by atoms with van der Waals surface area (Å²) >= 11 is 12.2. The van der Waals surface area contributed by atoms with Gasteiger partial charge in [-0.3, -0.25) is 9.59 Å². The average molecular weight is 385 g/mol. The minimum absolute atomic E-state index is 0.0369. The predicted octanol–water partition coefficient (Wildman–Crippen LogP) is 5.00. The Labute approximate surface area is 159 Å². The number of unbranched alkanes of at least 4 members (excludes halogenated alkanes) is 1. The van der Waals surface area contributed by atoms with Gasteiger partial charge in [0.05, 0.1) is 15.7 Å². The van der Waals surface area contributed by atoms with E-state index in [-0.39, 0.29) is 23.7 Å². The number of anilines is 1. The van der Waals surface area contributed by atoms with Crippen molar-refractivity contribution in [3.8, 4) is 0 Å². The number of hydrogen-bond acceptors (Lipinski definition) is 2. The zero-order chi connectivity index (χ0) is 18.4. The van der Waals surface area contributed by atoms with Crippen LogP contribution in [-0.4, -0.2) is 30.3 Å². The van der Waals surface area contributed by atoms with Crippen LogP contribution in [0.4, 0.5) is 5.69 Å². The van der Waals surface area contributed by atoms with Crippen molar-refractivity contribution >= 4 is 40.7 Å². The lowest BCUT2D eigenvalue weighted by Gasteiger charge is -2.30.